The summed E-state index contributed by atoms with van der Waals surface area (Å²) in [6, 6.07) is 9.23. The molecule has 150 valence electrons. The second kappa shape index (κ2) is 7.81. The molecule has 0 aliphatic carbocycles. The van der Waals surface area contributed by atoms with E-state index in [1.54, 1.807) is 29.5 Å². The molecule has 4 nitrogen and oxygen atoms in total. The van der Waals surface area contributed by atoms with Gasteiger partial charge in [-0.25, -0.2) is 0 Å². The molecule has 1 aromatic carbocycles. The van der Waals surface area contributed by atoms with Crippen molar-refractivity contribution < 1.29 is 18.0 Å². The molecule has 4 rings (SSSR count). The molecule has 0 N–H and O–H groups in total. The molecule has 7 heteroatoms. The van der Waals surface area contributed by atoms with Gasteiger partial charge in [0.05, 0.1) is 11.3 Å². The summed E-state index contributed by atoms with van der Waals surface area (Å²) in [5.41, 5.74) is 2.18. The number of likely N-dealkylation sites (tertiary alicyclic amines) is 1. The number of nitrogens with zero attached hydrogens (tertiary/aromatic N) is 3. The molecule has 3 heterocycles. The number of aromatic nitrogens is 1. The van der Waals surface area contributed by atoms with E-state index in [4.69, 9.17) is 0 Å². The van der Waals surface area contributed by atoms with Gasteiger partial charge in [0.1, 0.15) is 5.70 Å². The Balaban J connectivity index is 1.45. The van der Waals surface area contributed by atoms with E-state index in [-0.39, 0.29) is 11.8 Å². The Hall–Kier alpha value is -2.96. The van der Waals surface area contributed by atoms with Crippen LogP contribution < -0.4 is 0 Å². The van der Waals surface area contributed by atoms with Crippen molar-refractivity contribution in [2.75, 3.05) is 13.1 Å². The predicted octanol–water partition coefficient (Wildman–Crippen LogP) is 4.47. The Bertz CT molecular complexity index is 973. The maximum absolute atomic E-state index is 13.0. The summed E-state index contributed by atoms with van der Waals surface area (Å²) in [4.78, 5) is 23.3. The van der Waals surface area contributed by atoms with Crippen molar-refractivity contribution in [3.63, 3.8) is 0 Å². The number of carbonyl (C=O) groups excluding carboxylic acids is 1. The summed E-state index contributed by atoms with van der Waals surface area (Å²) in [7, 11) is 0. The molecule has 1 saturated heterocycles. The summed E-state index contributed by atoms with van der Waals surface area (Å²) >= 11 is 0. The van der Waals surface area contributed by atoms with Crippen molar-refractivity contribution in [2.24, 2.45) is 4.99 Å². The summed E-state index contributed by atoms with van der Waals surface area (Å²) in [5.74, 6) is -0.140. The van der Waals surface area contributed by atoms with Crippen molar-refractivity contribution in [2.45, 2.75) is 31.4 Å². The molecule has 1 aromatic heterocycles. The third-order valence-electron chi connectivity index (χ3n) is 5.42. The normalized spacial score (nSPS) is 17.5. The average molecular weight is 399 g/mol. The second-order valence-electron chi connectivity index (χ2n) is 7.27. The molecule has 2 aromatic rings. The quantitative estimate of drug-likeness (QED) is 0.748. The highest BCUT2D eigenvalue weighted by Gasteiger charge is 2.32. The zero-order valence-corrected chi connectivity index (χ0v) is 15.7. The highest BCUT2D eigenvalue weighted by atomic mass is 19.4. The molecule has 0 unspecified atom stereocenters. The predicted molar refractivity (Wildman–Crippen MR) is 104 cm³/mol. The van der Waals surface area contributed by atoms with Gasteiger partial charge in [0.25, 0.3) is 5.91 Å². The fraction of sp³-hybridized carbons (Fsp3) is 0.318. The van der Waals surface area contributed by atoms with Crippen LogP contribution in [0.2, 0.25) is 0 Å². The van der Waals surface area contributed by atoms with E-state index in [0.29, 0.717) is 43.6 Å². The molecule has 0 atom stereocenters. The Morgan fingerprint density at radius 1 is 1.10 bits per heavy atom. The van der Waals surface area contributed by atoms with Crippen LogP contribution in [0, 0.1) is 0 Å². The number of carbonyl (C=O) groups is 1. The van der Waals surface area contributed by atoms with Gasteiger partial charge in [0, 0.05) is 31.9 Å². The van der Waals surface area contributed by atoms with Gasteiger partial charge < -0.3 is 4.90 Å². The number of hydrogen-bond acceptors (Lipinski definition) is 3. The number of benzene rings is 1. The largest absolute Gasteiger partial charge is 0.416 e. The molecular formula is C22H20F3N3O. The van der Waals surface area contributed by atoms with Crippen LogP contribution in [-0.4, -0.2) is 35.1 Å². The van der Waals surface area contributed by atoms with Crippen molar-refractivity contribution in [3.8, 4) is 0 Å². The zero-order chi connectivity index (χ0) is 20.4. The van der Waals surface area contributed by atoms with Gasteiger partial charge in [0.15, 0.2) is 0 Å². The highest BCUT2D eigenvalue weighted by molar-refractivity contribution is 5.99. The number of aliphatic imine (C=N–C) groups is 1. The van der Waals surface area contributed by atoms with Crippen LogP contribution in [0.15, 0.2) is 53.3 Å². The fourth-order valence-electron chi connectivity index (χ4n) is 3.83. The third kappa shape index (κ3) is 4.23. The van der Waals surface area contributed by atoms with Gasteiger partial charge in [0.2, 0.25) is 0 Å². The zero-order valence-electron chi connectivity index (χ0n) is 15.7. The minimum atomic E-state index is -4.35. The first-order valence-corrected chi connectivity index (χ1v) is 9.56. The maximum Gasteiger partial charge on any atom is 0.416 e. The van der Waals surface area contributed by atoms with E-state index in [9.17, 15) is 18.0 Å². The van der Waals surface area contributed by atoms with Gasteiger partial charge >= 0.3 is 6.18 Å². The van der Waals surface area contributed by atoms with E-state index in [1.807, 2.05) is 12.1 Å². The first kappa shape index (κ1) is 19.4. The van der Waals surface area contributed by atoms with E-state index in [2.05, 4.69) is 9.98 Å². The van der Waals surface area contributed by atoms with Gasteiger partial charge in [-0.2, -0.15) is 13.2 Å². The number of fused-ring (bicyclic) bond motifs is 1. The van der Waals surface area contributed by atoms with Gasteiger partial charge in [-0.3, -0.25) is 14.8 Å². The van der Waals surface area contributed by atoms with Crippen molar-refractivity contribution in [1.82, 2.24) is 9.88 Å². The van der Waals surface area contributed by atoms with Crippen LogP contribution in [0.1, 0.15) is 41.1 Å². The number of halogens is 3. The summed E-state index contributed by atoms with van der Waals surface area (Å²) in [6.45, 7) is 0.985. The van der Waals surface area contributed by atoms with Crippen molar-refractivity contribution in [3.05, 3.63) is 70.7 Å². The maximum atomic E-state index is 13.0. The number of piperidine rings is 1. The van der Waals surface area contributed by atoms with Gasteiger partial charge in [-0.05, 0) is 48.1 Å². The molecular weight excluding hydrogens is 379 g/mol. The molecule has 29 heavy (non-hydrogen) atoms. The fourth-order valence-corrected chi connectivity index (χ4v) is 3.83. The molecule has 0 bridgehead atoms. The summed E-state index contributed by atoms with van der Waals surface area (Å²) < 4.78 is 38.9. The van der Waals surface area contributed by atoms with Crippen LogP contribution >= 0.6 is 0 Å². The van der Waals surface area contributed by atoms with Gasteiger partial charge in [-0.1, -0.05) is 24.3 Å². The number of alkyl halides is 3. The molecule has 2 aliphatic heterocycles. The van der Waals surface area contributed by atoms with Crippen LogP contribution in [-0.2, 0) is 17.4 Å². The lowest BCUT2D eigenvalue weighted by atomic mass is 9.88. The van der Waals surface area contributed by atoms with E-state index >= 15 is 0 Å². The number of hydrogen-bond donors (Lipinski definition) is 0. The average Bonchev–Trinajstić information content (AvgIpc) is 2.95. The minimum Gasteiger partial charge on any atom is -0.337 e. The highest BCUT2D eigenvalue weighted by Crippen LogP contribution is 2.34. The third-order valence-corrected chi connectivity index (χ3v) is 5.42. The molecule has 0 radical (unpaired) electrons. The Kier molecular flexibility index (Phi) is 5.22. The van der Waals surface area contributed by atoms with Crippen LogP contribution in [0.5, 0.6) is 0 Å². The first-order valence-electron chi connectivity index (χ1n) is 9.56. The topological polar surface area (TPSA) is 45.6 Å². The lowest BCUT2D eigenvalue weighted by molar-refractivity contribution is -0.137. The SMILES string of the molecule is O=C(C1=Cc2cccnc2CC=N1)N1CCC(c2cccc(C(F)(F)F)c2)CC1. The van der Waals surface area contributed by atoms with Crippen LogP contribution in [0.3, 0.4) is 0 Å². The summed E-state index contributed by atoms with van der Waals surface area (Å²) in [6.07, 6.45) is 2.64. The van der Waals surface area contributed by atoms with Crippen LogP contribution in [0.25, 0.3) is 6.08 Å². The number of amides is 1. The Morgan fingerprint density at radius 2 is 1.90 bits per heavy atom. The molecule has 2 aliphatic rings. The Labute approximate surface area is 166 Å². The van der Waals surface area contributed by atoms with E-state index in [0.717, 1.165) is 17.3 Å². The van der Waals surface area contributed by atoms with Crippen molar-refractivity contribution in [1.29, 1.82) is 0 Å². The van der Waals surface area contributed by atoms with Crippen LogP contribution in [0.4, 0.5) is 13.2 Å². The number of rotatable bonds is 2. The second-order valence-corrected chi connectivity index (χ2v) is 7.27. The van der Waals surface area contributed by atoms with Crippen molar-refractivity contribution >= 4 is 18.2 Å². The molecule has 1 amide bonds. The first-order chi connectivity index (χ1) is 13.9. The smallest absolute Gasteiger partial charge is 0.337 e. The van der Waals surface area contributed by atoms with Gasteiger partial charge in [-0.15, -0.1) is 0 Å². The van der Waals surface area contributed by atoms with E-state index < -0.39 is 11.7 Å². The monoisotopic (exact) mass is 399 g/mol. The lowest BCUT2D eigenvalue weighted by Gasteiger charge is -2.32. The molecule has 0 saturated carbocycles. The molecule has 1 fully saturated rings. The van der Waals surface area contributed by atoms with E-state index in [1.165, 1.54) is 12.1 Å². The lowest BCUT2D eigenvalue weighted by Crippen LogP contribution is -2.38. The summed E-state index contributed by atoms with van der Waals surface area (Å²) in [5, 5.41) is 0. The standard InChI is InChI=1S/C22H20F3N3O/c23-22(24,25)18-5-1-3-16(13-18)15-7-11-28(12-8-15)21(29)20-14-17-4-2-9-26-19(17)6-10-27-20/h1-5,9-10,13-15H,6-8,11-12H2. The Morgan fingerprint density at radius 3 is 2.66 bits per heavy atom. The number of pyridine rings is 1. The minimum absolute atomic E-state index is 0.0119. The molecule has 0 spiro atoms.